The topological polar surface area (TPSA) is 40.0 Å². The number of ether oxygens (including phenoxy) is 2. The summed E-state index contributed by atoms with van der Waals surface area (Å²) in [5.74, 6) is 0.502. The van der Waals surface area contributed by atoms with E-state index in [9.17, 15) is 4.79 Å². The lowest BCUT2D eigenvalue weighted by Gasteiger charge is -2.27. The smallest absolute Gasteiger partial charge is 0.344 e. The Hall–Kier alpha value is -3.11. The summed E-state index contributed by atoms with van der Waals surface area (Å²) in [6.07, 6.45) is 5.06. The Balaban J connectivity index is 1.38. The quantitative estimate of drug-likeness (QED) is 0.366. The minimum atomic E-state index is -0.283. The Kier molecular flexibility index (Phi) is 5.71. The van der Waals surface area contributed by atoms with E-state index >= 15 is 0 Å². The van der Waals surface area contributed by atoms with E-state index in [-0.39, 0.29) is 18.2 Å². The third-order valence-corrected chi connectivity index (χ3v) is 7.26. The summed E-state index contributed by atoms with van der Waals surface area (Å²) in [7, 11) is 0. The lowest BCUT2D eigenvalue weighted by atomic mass is 9.99. The molecule has 0 radical (unpaired) electrons. The Morgan fingerprint density at radius 1 is 0.909 bits per heavy atom. The molecule has 33 heavy (non-hydrogen) atoms. The number of fused-ring (bicyclic) bond motifs is 3. The van der Waals surface area contributed by atoms with Crippen LogP contribution in [0, 0.1) is 13.8 Å². The Morgan fingerprint density at radius 3 is 2.00 bits per heavy atom. The van der Waals surface area contributed by atoms with Crippen LogP contribution in [0.3, 0.4) is 0 Å². The van der Waals surface area contributed by atoms with E-state index in [0.717, 1.165) is 49.0 Å². The number of hydrogen-bond acceptors (Lipinski definition) is 3. The van der Waals surface area contributed by atoms with Gasteiger partial charge in [0.2, 0.25) is 0 Å². The van der Waals surface area contributed by atoms with Gasteiger partial charge in [-0.15, -0.1) is 0 Å². The minimum absolute atomic E-state index is 0.0506. The highest BCUT2D eigenvalue weighted by molar-refractivity contribution is 5.86. The molecular weight excluding hydrogens is 410 g/mol. The van der Waals surface area contributed by atoms with Gasteiger partial charge >= 0.3 is 5.97 Å². The number of para-hydroxylation sites is 2. The molecule has 4 nitrogen and oxygen atoms in total. The maximum absolute atomic E-state index is 12.6. The van der Waals surface area contributed by atoms with Gasteiger partial charge in [-0.1, -0.05) is 31.2 Å². The lowest BCUT2D eigenvalue weighted by molar-refractivity contribution is -0.677. The van der Waals surface area contributed by atoms with Crippen molar-refractivity contribution in [3.8, 4) is 16.9 Å². The van der Waals surface area contributed by atoms with E-state index in [0.29, 0.717) is 0 Å². The van der Waals surface area contributed by atoms with Gasteiger partial charge in [0.05, 0.1) is 0 Å². The van der Waals surface area contributed by atoms with Gasteiger partial charge in [0.25, 0.3) is 0 Å². The van der Waals surface area contributed by atoms with Crippen molar-refractivity contribution < 1.29 is 19.2 Å². The van der Waals surface area contributed by atoms with Crippen molar-refractivity contribution in [1.29, 1.82) is 0 Å². The van der Waals surface area contributed by atoms with Crippen molar-refractivity contribution in [2.45, 2.75) is 58.5 Å². The van der Waals surface area contributed by atoms with Gasteiger partial charge in [-0.2, -0.15) is 0 Å². The SMILES string of the molecule is CCC1(OC(=O)COc2c(C)cc([NH+]3c4ccccc4-c4ccccc43)cc2C)CCCC1. The molecule has 0 bridgehead atoms. The lowest BCUT2D eigenvalue weighted by Crippen LogP contribution is -2.95. The molecule has 0 amide bonds. The molecule has 3 aromatic rings. The summed E-state index contributed by atoms with van der Waals surface area (Å²) in [6, 6.07) is 21.5. The number of hydrogen-bond donors (Lipinski definition) is 1. The summed E-state index contributed by atoms with van der Waals surface area (Å²) in [5, 5.41) is 0. The minimum Gasteiger partial charge on any atom is -0.481 e. The second kappa shape index (κ2) is 8.68. The van der Waals surface area contributed by atoms with E-state index in [2.05, 4.69) is 81.4 Å². The molecule has 1 saturated carbocycles. The fourth-order valence-corrected chi connectivity index (χ4v) is 5.60. The molecule has 0 spiro atoms. The van der Waals surface area contributed by atoms with Crippen molar-refractivity contribution >= 4 is 23.0 Å². The third-order valence-electron chi connectivity index (χ3n) is 7.26. The number of aryl methyl sites for hydroxylation is 2. The second-order valence-corrected chi connectivity index (χ2v) is 9.41. The van der Waals surface area contributed by atoms with Crippen LogP contribution in [0.2, 0.25) is 0 Å². The summed E-state index contributed by atoms with van der Waals surface area (Å²) in [5.41, 5.74) is 8.02. The van der Waals surface area contributed by atoms with Crippen molar-refractivity contribution in [3.63, 3.8) is 0 Å². The van der Waals surface area contributed by atoms with Crippen LogP contribution in [0.5, 0.6) is 5.75 Å². The zero-order valence-electron chi connectivity index (χ0n) is 19.7. The van der Waals surface area contributed by atoms with E-state index in [1.807, 2.05) is 0 Å². The molecule has 1 aliphatic heterocycles. The molecule has 0 atom stereocenters. The Labute approximate surface area is 196 Å². The molecule has 0 unspecified atom stereocenters. The first-order valence-corrected chi connectivity index (χ1v) is 12.0. The normalized spacial score (nSPS) is 16.3. The maximum Gasteiger partial charge on any atom is 0.344 e. The number of carbonyl (C=O) groups is 1. The summed E-state index contributed by atoms with van der Waals surface area (Å²) in [4.78, 5) is 13.8. The molecule has 1 aliphatic carbocycles. The predicted molar refractivity (Wildman–Crippen MR) is 131 cm³/mol. The summed E-state index contributed by atoms with van der Waals surface area (Å²) < 4.78 is 11.9. The van der Waals surface area contributed by atoms with Crippen LogP contribution in [0.25, 0.3) is 11.1 Å². The fraction of sp³-hybridized carbons (Fsp3) is 0.345. The van der Waals surface area contributed by atoms with E-state index in [1.165, 1.54) is 33.1 Å². The largest absolute Gasteiger partial charge is 0.481 e. The highest BCUT2D eigenvalue weighted by Crippen LogP contribution is 2.39. The van der Waals surface area contributed by atoms with Crippen LogP contribution in [-0.2, 0) is 9.53 Å². The van der Waals surface area contributed by atoms with Crippen LogP contribution < -0.4 is 9.64 Å². The summed E-state index contributed by atoms with van der Waals surface area (Å²) >= 11 is 0. The van der Waals surface area contributed by atoms with Crippen molar-refractivity contribution in [2.24, 2.45) is 0 Å². The molecule has 5 rings (SSSR count). The number of carbonyl (C=O) groups excluding carboxylic acids is 1. The number of nitrogens with one attached hydrogen (secondary N) is 1. The monoisotopic (exact) mass is 442 g/mol. The molecule has 3 aromatic carbocycles. The van der Waals surface area contributed by atoms with Gasteiger partial charge in [0.1, 0.15) is 28.4 Å². The van der Waals surface area contributed by atoms with E-state index in [4.69, 9.17) is 9.47 Å². The van der Waals surface area contributed by atoms with E-state index in [1.54, 1.807) is 0 Å². The Morgan fingerprint density at radius 2 is 1.45 bits per heavy atom. The molecular formula is C29H32NO3+. The molecule has 170 valence electrons. The predicted octanol–water partition coefficient (Wildman–Crippen LogP) is 6.11. The van der Waals surface area contributed by atoms with Gasteiger partial charge in [-0.3, -0.25) is 0 Å². The number of rotatable bonds is 6. The van der Waals surface area contributed by atoms with Crippen molar-refractivity contribution in [3.05, 3.63) is 71.8 Å². The molecule has 1 fully saturated rings. The van der Waals surface area contributed by atoms with Crippen LogP contribution in [0.15, 0.2) is 60.7 Å². The van der Waals surface area contributed by atoms with Crippen LogP contribution in [0.4, 0.5) is 17.1 Å². The second-order valence-electron chi connectivity index (χ2n) is 9.41. The maximum atomic E-state index is 12.6. The average molecular weight is 443 g/mol. The van der Waals surface area contributed by atoms with Gasteiger partial charge in [-0.25, -0.2) is 9.69 Å². The zero-order chi connectivity index (χ0) is 23.0. The number of benzene rings is 3. The van der Waals surface area contributed by atoms with Crippen LogP contribution >= 0.6 is 0 Å². The number of esters is 1. The molecule has 0 saturated heterocycles. The van der Waals surface area contributed by atoms with Crippen LogP contribution in [-0.4, -0.2) is 18.2 Å². The van der Waals surface area contributed by atoms with Crippen molar-refractivity contribution in [1.82, 2.24) is 0 Å². The standard InChI is InChI=1S/C29H31NO3/c1-4-29(15-9-10-16-29)33-27(31)19-32-28-20(2)17-22(18-21(28)3)30-25-13-7-5-11-23(25)24-12-6-8-14-26(24)30/h5-8,11-14,17-18H,4,9-10,15-16,19H2,1-3H3/p+1. The highest BCUT2D eigenvalue weighted by atomic mass is 16.6. The molecule has 4 heteroatoms. The summed E-state index contributed by atoms with van der Waals surface area (Å²) in [6.45, 7) is 6.15. The first kappa shape index (κ1) is 21.7. The molecule has 1 heterocycles. The van der Waals surface area contributed by atoms with Crippen molar-refractivity contribution in [2.75, 3.05) is 6.61 Å². The van der Waals surface area contributed by atoms with Gasteiger partial charge < -0.3 is 9.47 Å². The molecule has 2 aliphatic rings. The Bertz CT molecular complexity index is 1120. The number of quaternary nitrogens is 1. The molecule has 1 N–H and O–H groups in total. The van der Waals surface area contributed by atoms with Gasteiger partial charge in [-0.05, 0) is 69.2 Å². The fourth-order valence-electron chi connectivity index (χ4n) is 5.60. The molecule has 0 aromatic heterocycles. The van der Waals surface area contributed by atoms with Gasteiger partial charge in [0, 0.05) is 35.4 Å². The van der Waals surface area contributed by atoms with Crippen LogP contribution in [0.1, 0.15) is 50.2 Å². The zero-order valence-corrected chi connectivity index (χ0v) is 19.7. The highest BCUT2D eigenvalue weighted by Gasteiger charge is 2.36. The first-order valence-electron chi connectivity index (χ1n) is 12.0. The van der Waals surface area contributed by atoms with Gasteiger partial charge in [0.15, 0.2) is 6.61 Å². The first-order chi connectivity index (χ1) is 16.0. The third kappa shape index (κ3) is 3.93. The van der Waals surface area contributed by atoms with E-state index < -0.39 is 0 Å². The average Bonchev–Trinajstić information content (AvgIpc) is 3.41.